The Morgan fingerprint density at radius 3 is 2.75 bits per heavy atom. The smallest absolute Gasteiger partial charge is 0.324 e. The molecule has 0 aliphatic rings. The monoisotopic (exact) mass is 258 g/mol. The molecule has 0 radical (unpaired) electrons. The van der Waals surface area contributed by atoms with Gasteiger partial charge in [0, 0.05) is 0 Å². The highest BCUT2D eigenvalue weighted by molar-refractivity contribution is 6.42. The van der Waals surface area contributed by atoms with E-state index in [4.69, 9.17) is 28.9 Å². The highest BCUT2D eigenvalue weighted by atomic mass is 35.5. The largest absolute Gasteiger partial charge is 0.347 e. The molecule has 7 heteroatoms. The van der Waals surface area contributed by atoms with Crippen LogP contribution in [-0.4, -0.2) is 14.8 Å². The Kier molecular flexibility index (Phi) is 3.00. The number of aromatic amines is 1. The topological polar surface area (TPSA) is 76.7 Å². The lowest BCUT2D eigenvalue weighted by atomic mass is 10.3. The van der Waals surface area contributed by atoms with Crippen molar-refractivity contribution in [1.82, 2.24) is 14.8 Å². The van der Waals surface area contributed by atoms with Gasteiger partial charge in [-0.1, -0.05) is 23.2 Å². The summed E-state index contributed by atoms with van der Waals surface area (Å²) in [7, 11) is 0. The number of hydrogen-bond acceptors (Lipinski definition) is 3. The molecule has 0 unspecified atom stereocenters. The van der Waals surface area contributed by atoms with Crippen molar-refractivity contribution in [2.75, 3.05) is 0 Å². The second-order valence-corrected chi connectivity index (χ2v) is 3.90. The van der Waals surface area contributed by atoms with Gasteiger partial charge < -0.3 is 5.73 Å². The van der Waals surface area contributed by atoms with E-state index in [1.54, 1.807) is 18.2 Å². The van der Waals surface area contributed by atoms with E-state index >= 15 is 0 Å². The molecule has 2 rings (SSSR count). The van der Waals surface area contributed by atoms with Crippen LogP contribution in [0.15, 0.2) is 23.0 Å². The molecule has 1 aromatic carbocycles. The number of hydrogen-bond donors (Lipinski definition) is 2. The summed E-state index contributed by atoms with van der Waals surface area (Å²) < 4.78 is 1.35. The number of aromatic nitrogens is 3. The van der Waals surface area contributed by atoms with Crippen LogP contribution < -0.4 is 11.4 Å². The lowest BCUT2D eigenvalue weighted by Gasteiger charge is -2.05. The van der Waals surface area contributed by atoms with Gasteiger partial charge in [-0.25, -0.2) is 14.5 Å². The van der Waals surface area contributed by atoms with Crippen molar-refractivity contribution >= 4 is 23.2 Å². The van der Waals surface area contributed by atoms with Crippen LogP contribution in [0.4, 0.5) is 0 Å². The van der Waals surface area contributed by atoms with Crippen LogP contribution in [0.1, 0.15) is 5.82 Å². The van der Waals surface area contributed by atoms with Gasteiger partial charge in [-0.2, -0.15) is 5.10 Å². The van der Waals surface area contributed by atoms with Crippen LogP contribution >= 0.6 is 23.2 Å². The summed E-state index contributed by atoms with van der Waals surface area (Å²) in [4.78, 5) is 11.5. The third kappa shape index (κ3) is 1.84. The number of halogens is 2. The van der Waals surface area contributed by atoms with Crippen LogP contribution in [0.5, 0.6) is 0 Å². The average molecular weight is 259 g/mol. The molecule has 0 saturated carbocycles. The maximum Gasteiger partial charge on any atom is 0.347 e. The Hall–Kier alpha value is -1.30. The van der Waals surface area contributed by atoms with Crippen molar-refractivity contribution < 1.29 is 0 Å². The van der Waals surface area contributed by atoms with Gasteiger partial charge in [0.1, 0.15) is 0 Å². The molecule has 3 N–H and O–H groups in total. The lowest BCUT2D eigenvalue weighted by Crippen LogP contribution is -2.18. The first kappa shape index (κ1) is 11.2. The van der Waals surface area contributed by atoms with Crippen LogP contribution in [0.2, 0.25) is 10.0 Å². The van der Waals surface area contributed by atoms with Gasteiger partial charge in [-0.15, -0.1) is 0 Å². The van der Waals surface area contributed by atoms with Gasteiger partial charge in [-0.05, 0) is 18.2 Å². The van der Waals surface area contributed by atoms with Crippen molar-refractivity contribution in [3.05, 3.63) is 44.6 Å². The normalized spacial score (nSPS) is 10.7. The Morgan fingerprint density at radius 2 is 2.12 bits per heavy atom. The summed E-state index contributed by atoms with van der Waals surface area (Å²) in [6.07, 6.45) is 0. The molecule has 0 bridgehead atoms. The molecule has 1 aromatic heterocycles. The highest BCUT2D eigenvalue weighted by Crippen LogP contribution is 2.24. The molecule has 5 nitrogen and oxygen atoms in total. The van der Waals surface area contributed by atoms with Crippen molar-refractivity contribution in [2.24, 2.45) is 5.73 Å². The quantitative estimate of drug-likeness (QED) is 0.854. The Morgan fingerprint density at radius 1 is 1.38 bits per heavy atom. The fourth-order valence-corrected chi connectivity index (χ4v) is 1.65. The minimum Gasteiger partial charge on any atom is -0.324 e. The number of benzene rings is 1. The third-order valence-electron chi connectivity index (χ3n) is 2.09. The number of rotatable bonds is 2. The zero-order valence-electron chi connectivity index (χ0n) is 8.08. The maximum absolute atomic E-state index is 11.5. The predicted octanol–water partition coefficient (Wildman–Crippen LogP) is 1.33. The molecule has 84 valence electrons. The van der Waals surface area contributed by atoms with Gasteiger partial charge >= 0.3 is 5.69 Å². The van der Waals surface area contributed by atoms with Crippen LogP contribution in [-0.2, 0) is 6.54 Å². The second kappa shape index (κ2) is 4.29. The zero-order chi connectivity index (χ0) is 11.7. The summed E-state index contributed by atoms with van der Waals surface area (Å²) in [5.41, 5.74) is 5.68. The van der Waals surface area contributed by atoms with E-state index in [1.165, 1.54) is 4.57 Å². The van der Waals surface area contributed by atoms with Crippen LogP contribution in [0, 0.1) is 0 Å². The second-order valence-electron chi connectivity index (χ2n) is 3.08. The SMILES string of the molecule is NCc1n[nH]c(=O)n1-c1ccc(Cl)c(Cl)c1. The van der Waals surface area contributed by atoms with Crippen molar-refractivity contribution in [3.8, 4) is 5.69 Å². The zero-order valence-corrected chi connectivity index (χ0v) is 9.59. The van der Waals surface area contributed by atoms with Crippen molar-refractivity contribution in [1.29, 1.82) is 0 Å². The van der Waals surface area contributed by atoms with Crippen LogP contribution in [0.3, 0.4) is 0 Å². The Labute approximate surface area is 101 Å². The molecule has 1 heterocycles. The minimum absolute atomic E-state index is 0.152. The fourth-order valence-electron chi connectivity index (χ4n) is 1.36. The predicted molar refractivity (Wildman–Crippen MR) is 62.1 cm³/mol. The molecule has 16 heavy (non-hydrogen) atoms. The summed E-state index contributed by atoms with van der Waals surface area (Å²) in [6.45, 7) is 0.152. The lowest BCUT2D eigenvalue weighted by molar-refractivity contribution is 0.851. The first-order chi connectivity index (χ1) is 7.63. The first-order valence-corrected chi connectivity index (χ1v) is 5.21. The fraction of sp³-hybridized carbons (Fsp3) is 0.111. The maximum atomic E-state index is 11.5. The standard InChI is InChI=1S/C9H8Cl2N4O/c10-6-2-1-5(3-7(6)11)15-8(4-12)13-14-9(15)16/h1-3H,4,12H2,(H,14,16). The highest BCUT2D eigenvalue weighted by Gasteiger charge is 2.09. The van der Waals surface area contributed by atoms with E-state index in [1.807, 2.05) is 0 Å². The van der Waals surface area contributed by atoms with Gasteiger partial charge in [0.05, 0.1) is 22.3 Å². The summed E-state index contributed by atoms with van der Waals surface area (Å²) >= 11 is 11.7. The van der Waals surface area contributed by atoms with E-state index in [9.17, 15) is 4.79 Å². The van der Waals surface area contributed by atoms with Crippen molar-refractivity contribution in [2.45, 2.75) is 6.54 Å². The number of nitrogens with one attached hydrogen (secondary N) is 1. The van der Waals surface area contributed by atoms with Crippen LogP contribution in [0.25, 0.3) is 5.69 Å². The van der Waals surface area contributed by atoms with E-state index in [-0.39, 0.29) is 12.2 Å². The summed E-state index contributed by atoms with van der Waals surface area (Å²) in [5, 5.41) is 6.91. The van der Waals surface area contributed by atoms with E-state index in [2.05, 4.69) is 10.2 Å². The third-order valence-corrected chi connectivity index (χ3v) is 2.82. The molecule has 0 amide bonds. The Balaban J connectivity index is 2.62. The van der Waals surface area contributed by atoms with E-state index in [0.29, 0.717) is 21.6 Å². The van der Waals surface area contributed by atoms with Crippen molar-refractivity contribution in [3.63, 3.8) is 0 Å². The molecule has 0 aliphatic heterocycles. The molecule has 0 aliphatic carbocycles. The molecule has 0 atom stereocenters. The van der Waals surface area contributed by atoms with E-state index in [0.717, 1.165) is 0 Å². The summed E-state index contributed by atoms with van der Waals surface area (Å²) in [5.74, 6) is 0.434. The molecular weight excluding hydrogens is 251 g/mol. The van der Waals surface area contributed by atoms with Gasteiger partial charge in [0.2, 0.25) is 0 Å². The van der Waals surface area contributed by atoms with Gasteiger partial charge in [-0.3, -0.25) is 0 Å². The van der Waals surface area contributed by atoms with Gasteiger partial charge in [0.25, 0.3) is 0 Å². The Bertz CT molecular complexity index is 575. The first-order valence-electron chi connectivity index (χ1n) is 4.45. The molecule has 0 spiro atoms. The molecule has 0 saturated heterocycles. The minimum atomic E-state index is -0.362. The number of nitrogens with two attached hydrogens (primary N) is 1. The molecular formula is C9H8Cl2N4O. The number of nitrogens with zero attached hydrogens (tertiary/aromatic N) is 2. The summed E-state index contributed by atoms with van der Waals surface area (Å²) in [6, 6.07) is 4.86. The average Bonchev–Trinajstić information content (AvgIpc) is 2.64. The molecule has 0 fully saturated rings. The molecule has 2 aromatic rings. The van der Waals surface area contributed by atoms with E-state index < -0.39 is 0 Å². The number of H-pyrrole nitrogens is 1. The van der Waals surface area contributed by atoms with Gasteiger partial charge in [0.15, 0.2) is 5.82 Å².